The highest BCUT2D eigenvalue weighted by Crippen LogP contribution is 2.50. The lowest BCUT2D eigenvalue weighted by atomic mass is 9.78. The zero-order chi connectivity index (χ0) is 12.5. The number of hydrogen-bond donors (Lipinski definition) is 2. The maximum Gasteiger partial charge on any atom is 0.190 e. The van der Waals surface area contributed by atoms with E-state index in [1.165, 1.54) is 0 Å². The SMILES string of the molecule is CC1(C)O[C@H]2O[C@@H]3[C@H]4NCC[C@]3(OC[C@H]4O)[C@H]2O1. The Hall–Kier alpha value is -0.240. The second-order valence-electron chi connectivity index (χ2n) is 6.04. The van der Waals surface area contributed by atoms with Crippen LogP contribution in [0.25, 0.3) is 0 Å². The minimum Gasteiger partial charge on any atom is -0.389 e. The molecule has 0 spiro atoms. The fourth-order valence-corrected chi connectivity index (χ4v) is 3.71. The second-order valence-corrected chi connectivity index (χ2v) is 6.04. The summed E-state index contributed by atoms with van der Waals surface area (Å²) in [7, 11) is 0. The van der Waals surface area contributed by atoms with Gasteiger partial charge in [0.05, 0.1) is 18.8 Å². The molecule has 0 amide bonds. The van der Waals surface area contributed by atoms with E-state index in [2.05, 4.69) is 5.32 Å². The predicted molar refractivity (Wildman–Crippen MR) is 59.8 cm³/mol. The lowest BCUT2D eigenvalue weighted by molar-refractivity contribution is -0.272. The van der Waals surface area contributed by atoms with Crippen LogP contribution in [0, 0.1) is 0 Å². The molecule has 0 radical (unpaired) electrons. The highest BCUT2D eigenvalue weighted by Gasteiger charge is 2.69. The molecule has 6 heteroatoms. The Morgan fingerprint density at radius 1 is 1.22 bits per heavy atom. The van der Waals surface area contributed by atoms with Gasteiger partial charge in [-0.2, -0.15) is 0 Å². The van der Waals surface area contributed by atoms with Crippen molar-refractivity contribution in [2.45, 2.75) is 62.3 Å². The molecule has 18 heavy (non-hydrogen) atoms. The van der Waals surface area contributed by atoms with E-state index >= 15 is 0 Å². The minimum atomic E-state index is -0.630. The van der Waals surface area contributed by atoms with Gasteiger partial charge < -0.3 is 29.4 Å². The number of aliphatic hydroxyl groups excluding tert-OH is 1. The smallest absolute Gasteiger partial charge is 0.190 e. The molecule has 2 bridgehead atoms. The van der Waals surface area contributed by atoms with E-state index in [1.54, 1.807) is 0 Å². The van der Waals surface area contributed by atoms with Crippen LogP contribution in [0.4, 0.5) is 0 Å². The zero-order valence-corrected chi connectivity index (χ0v) is 10.6. The van der Waals surface area contributed by atoms with Crippen LogP contribution < -0.4 is 5.32 Å². The highest BCUT2D eigenvalue weighted by atomic mass is 16.8. The summed E-state index contributed by atoms with van der Waals surface area (Å²) < 4.78 is 23.7. The molecule has 4 rings (SSSR count). The molecule has 0 saturated carbocycles. The zero-order valence-electron chi connectivity index (χ0n) is 10.6. The molecule has 4 fully saturated rings. The quantitative estimate of drug-likeness (QED) is 0.601. The summed E-state index contributed by atoms with van der Waals surface area (Å²) >= 11 is 0. The maximum absolute atomic E-state index is 9.98. The van der Waals surface area contributed by atoms with Crippen LogP contribution in [0.2, 0.25) is 0 Å². The fourth-order valence-electron chi connectivity index (χ4n) is 3.71. The summed E-state index contributed by atoms with van der Waals surface area (Å²) in [5.41, 5.74) is -0.465. The van der Waals surface area contributed by atoms with Gasteiger partial charge in [0.2, 0.25) is 0 Å². The standard InChI is InChI=1S/C12H19NO5/c1-11(2)17-9-10(18-11)16-8-7-6(14)5-15-12(8,9)3-4-13-7/h6-10,13-14H,3-5H2,1-2H3/t6-,7+,8-,9+,10-,12-/m1/s1. The van der Waals surface area contributed by atoms with Gasteiger partial charge in [0, 0.05) is 0 Å². The first kappa shape index (κ1) is 11.6. The van der Waals surface area contributed by atoms with E-state index in [0.29, 0.717) is 6.61 Å². The first-order valence-corrected chi connectivity index (χ1v) is 6.58. The largest absolute Gasteiger partial charge is 0.389 e. The van der Waals surface area contributed by atoms with E-state index in [0.717, 1.165) is 13.0 Å². The van der Waals surface area contributed by atoms with Gasteiger partial charge in [-0.15, -0.1) is 0 Å². The molecule has 0 aromatic heterocycles. The van der Waals surface area contributed by atoms with Crippen molar-refractivity contribution in [3.63, 3.8) is 0 Å². The number of nitrogens with one attached hydrogen (secondary N) is 1. The summed E-state index contributed by atoms with van der Waals surface area (Å²) in [5, 5.41) is 13.3. The monoisotopic (exact) mass is 257 g/mol. The Balaban J connectivity index is 1.70. The van der Waals surface area contributed by atoms with E-state index in [9.17, 15) is 5.11 Å². The molecular formula is C12H19NO5. The molecule has 4 aliphatic heterocycles. The van der Waals surface area contributed by atoms with Crippen molar-refractivity contribution in [3.05, 3.63) is 0 Å². The molecule has 4 saturated heterocycles. The maximum atomic E-state index is 9.98. The summed E-state index contributed by atoms with van der Waals surface area (Å²) in [6, 6.07) is -0.0894. The molecule has 4 aliphatic rings. The molecule has 0 unspecified atom stereocenters. The van der Waals surface area contributed by atoms with Crippen molar-refractivity contribution < 1.29 is 24.1 Å². The molecule has 102 valence electrons. The van der Waals surface area contributed by atoms with Gasteiger partial charge in [0.1, 0.15) is 17.8 Å². The lowest BCUT2D eigenvalue weighted by Gasteiger charge is -2.50. The first-order chi connectivity index (χ1) is 8.52. The third kappa shape index (κ3) is 1.33. The van der Waals surface area contributed by atoms with Gasteiger partial charge in [-0.1, -0.05) is 0 Å². The van der Waals surface area contributed by atoms with Crippen LogP contribution >= 0.6 is 0 Å². The van der Waals surface area contributed by atoms with Crippen LogP contribution in [0.5, 0.6) is 0 Å². The predicted octanol–water partition coefficient (Wildman–Crippen LogP) is -0.645. The topological polar surface area (TPSA) is 69.2 Å². The average molecular weight is 257 g/mol. The van der Waals surface area contributed by atoms with Gasteiger partial charge in [-0.05, 0) is 26.8 Å². The summed E-state index contributed by atoms with van der Waals surface area (Å²) in [6.07, 6.45) is -0.495. The number of fused-ring (bicyclic) bond motifs is 1. The van der Waals surface area contributed by atoms with Crippen LogP contribution in [0.15, 0.2) is 0 Å². The molecule has 6 nitrogen and oxygen atoms in total. The van der Waals surface area contributed by atoms with Crippen molar-refractivity contribution in [1.29, 1.82) is 0 Å². The number of piperidine rings is 1. The summed E-state index contributed by atoms with van der Waals surface area (Å²) in [5.74, 6) is -0.630. The Morgan fingerprint density at radius 2 is 2.06 bits per heavy atom. The van der Waals surface area contributed by atoms with Gasteiger partial charge in [-0.25, -0.2) is 0 Å². The number of hydrogen-bond acceptors (Lipinski definition) is 6. The third-order valence-corrected chi connectivity index (χ3v) is 4.46. The normalized spacial score (nSPS) is 57.2. The Morgan fingerprint density at radius 3 is 2.89 bits per heavy atom. The van der Waals surface area contributed by atoms with Crippen molar-refractivity contribution >= 4 is 0 Å². The van der Waals surface area contributed by atoms with Crippen molar-refractivity contribution in [2.24, 2.45) is 0 Å². The molecular weight excluding hydrogens is 238 g/mol. The molecule has 0 aromatic rings. The van der Waals surface area contributed by atoms with Crippen LogP contribution in [0.1, 0.15) is 20.3 Å². The van der Waals surface area contributed by atoms with Gasteiger partial charge in [0.25, 0.3) is 0 Å². The molecule has 0 aliphatic carbocycles. The number of ether oxygens (including phenoxy) is 4. The summed E-state index contributed by atoms with van der Waals surface area (Å²) in [6.45, 7) is 4.90. The van der Waals surface area contributed by atoms with Crippen molar-refractivity contribution in [1.82, 2.24) is 5.32 Å². The fraction of sp³-hybridized carbons (Fsp3) is 1.00. The van der Waals surface area contributed by atoms with Gasteiger partial charge >= 0.3 is 0 Å². The van der Waals surface area contributed by atoms with Crippen LogP contribution in [-0.2, 0) is 18.9 Å². The average Bonchev–Trinajstić information content (AvgIpc) is 2.75. The summed E-state index contributed by atoms with van der Waals surface area (Å²) in [4.78, 5) is 0. The van der Waals surface area contributed by atoms with E-state index in [4.69, 9.17) is 18.9 Å². The van der Waals surface area contributed by atoms with E-state index < -0.39 is 23.8 Å². The molecule has 2 N–H and O–H groups in total. The first-order valence-electron chi connectivity index (χ1n) is 6.58. The Labute approximate surface area is 106 Å². The Kier molecular flexibility index (Phi) is 2.22. The third-order valence-electron chi connectivity index (χ3n) is 4.46. The van der Waals surface area contributed by atoms with E-state index in [-0.39, 0.29) is 18.2 Å². The number of aliphatic hydroxyl groups is 1. The van der Waals surface area contributed by atoms with Gasteiger partial charge in [0.15, 0.2) is 12.1 Å². The highest BCUT2D eigenvalue weighted by molar-refractivity contribution is 5.15. The molecule has 0 aromatic carbocycles. The van der Waals surface area contributed by atoms with Crippen LogP contribution in [0.3, 0.4) is 0 Å². The lowest BCUT2D eigenvalue weighted by Crippen LogP contribution is -2.70. The number of rotatable bonds is 0. The molecule has 4 heterocycles. The second kappa shape index (κ2) is 3.45. The van der Waals surface area contributed by atoms with E-state index in [1.807, 2.05) is 13.8 Å². The van der Waals surface area contributed by atoms with Crippen molar-refractivity contribution in [2.75, 3.05) is 13.2 Å². The Bertz CT molecular complexity index is 375. The minimum absolute atomic E-state index is 0.0894. The van der Waals surface area contributed by atoms with Gasteiger partial charge in [-0.3, -0.25) is 0 Å². The van der Waals surface area contributed by atoms with Crippen molar-refractivity contribution in [3.8, 4) is 0 Å². The van der Waals surface area contributed by atoms with Crippen LogP contribution in [-0.4, -0.2) is 60.3 Å². The molecule has 6 atom stereocenters.